The number of benzene rings is 1. The molecule has 0 unspecified atom stereocenters. The summed E-state index contributed by atoms with van der Waals surface area (Å²) in [7, 11) is 0. The molecule has 0 fully saturated rings. The summed E-state index contributed by atoms with van der Waals surface area (Å²) in [5.74, 6) is 0. The molecule has 0 aromatic heterocycles. The molecule has 1 atom stereocenters. The second-order valence-corrected chi connectivity index (χ2v) is 7.27. The maximum absolute atomic E-state index is 11.9. The van der Waals surface area contributed by atoms with Crippen LogP contribution in [-0.4, -0.2) is 36.9 Å². The zero-order valence-electron chi connectivity index (χ0n) is 16.2. The van der Waals surface area contributed by atoms with Gasteiger partial charge >= 0.3 is 12.1 Å². The number of rotatable bonds is 8. The Bertz CT molecular complexity index is 584. The predicted octanol–water partition coefficient (Wildman–Crippen LogP) is 3.14. The highest BCUT2D eigenvalue weighted by Crippen LogP contribution is 2.12. The molecule has 0 aliphatic heterocycles. The van der Waals surface area contributed by atoms with Gasteiger partial charge in [-0.25, -0.2) is 9.59 Å². The molecule has 0 saturated heterocycles. The van der Waals surface area contributed by atoms with Gasteiger partial charge < -0.3 is 26.4 Å². The topological polar surface area (TPSA) is 105 Å². The average molecular weight is 364 g/mol. The summed E-state index contributed by atoms with van der Waals surface area (Å²) in [4.78, 5) is 23.6. The van der Waals surface area contributed by atoms with Crippen molar-refractivity contribution >= 4 is 17.8 Å². The molecule has 5 N–H and O–H groups in total. The van der Waals surface area contributed by atoms with E-state index in [1.54, 1.807) is 0 Å². The van der Waals surface area contributed by atoms with E-state index in [0.29, 0.717) is 13.1 Å². The van der Waals surface area contributed by atoms with Crippen LogP contribution < -0.4 is 21.7 Å². The van der Waals surface area contributed by atoms with Gasteiger partial charge in [0, 0.05) is 24.8 Å². The van der Waals surface area contributed by atoms with Crippen molar-refractivity contribution in [3.8, 4) is 0 Å². The Morgan fingerprint density at radius 1 is 1.19 bits per heavy atom. The number of carbonyl (C=O) groups is 2. The molecule has 0 aliphatic carbocycles. The summed E-state index contributed by atoms with van der Waals surface area (Å²) in [5, 5.41) is 8.43. The second kappa shape index (κ2) is 10.7. The number of alkyl carbamates (subject to hydrolysis) is 1. The predicted molar refractivity (Wildman–Crippen MR) is 104 cm³/mol. The van der Waals surface area contributed by atoms with Gasteiger partial charge in [-0.3, -0.25) is 0 Å². The SMILES string of the molecule is Cc1ccccc1NC(=O)NCCCC[C@H](CN)NC(=O)OC(C)(C)C. The molecular formula is C19H32N4O3. The van der Waals surface area contributed by atoms with Crippen LogP contribution in [0.25, 0.3) is 0 Å². The van der Waals surface area contributed by atoms with E-state index in [9.17, 15) is 9.59 Å². The number of nitrogens with two attached hydrogens (primary N) is 1. The molecule has 0 bridgehead atoms. The van der Waals surface area contributed by atoms with Crippen LogP contribution in [-0.2, 0) is 4.74 Å². The first-order valence-electron chi connectivity index (χ1n) is 9.01. The van der Waals surface area contributed by atoms with E-state index >= 15 is 0 Å². The molecule has 26 heavy (non-hydrogen) atoms. The Balaban J connectivity index is 2.21. The molecule has 0 heterocycles. The average Bonchev–Trinajstić information content (AvgIpc) is 2.53. The first-order chi connectivity index (χ1) is 12.2. The standard InChI is InChI=1S/C19H32N4O3/c1-14-9-5-6-11-16(14)23-17(24)21-12-8-7-10-15(13-20)22-18(25)26-19(2,3)4/h5-6,9,11,15H,7-8,10,12-13,20H2,1-4H3,(H,22,25)(H2,21,23,24)/t15-/m1/s1. The number of para-hydroxylation sites is 1. The van der Waals surface area contributed by atoms with Crippen molar-refractivity contribution in [3.05, 3.63) is 29.8 Å². The first kappa shape index (κ1) is 21.8. The summed E-state index contributed by atoms with van der Waals surface area (Å²) in [5.41, 5.74) is 6.98. The number of aryl methyl sites for hydroxylation is 1. The van der Waals surface area contributed by atoms with Crippen LogP contribution in [0.2, 0.25) is 0 Å². The number of hydrogen-bond acceptors (Lipinski definition) is 4. The van der Waals surface area contributed by atoms with Crippen molar-refractivity contribution in [1.29, 1.82) is 0 Å². The summed E-state index contributed by atoms with van der Waals surface area (Å²) in [6.07, 6.45) is 1.91. The third-order valence-corrected chi connectivity index (χ3v) is 3.66. The lowest BCUT2D eigenvalue weighted by molar-refractivity contribution is 0.0503. The van der Waals surface area contributed by atoms with E-state index in [4.69, 9.17) is 10.5 Å². The zero-order chi connectivity index (χ0) is 19.6. The van der Waals surface area contributed by atoms with E-state index in [1.807, 2.05) is 52.0 Å². The van der Waals surface area contributed by atoms with Crippen LogP contribution in [0, 0.1) is 6.92 Å². The van der Waals surface area contributed by atoms with Gasteiger partial charge in [0.25, 0.3) is 0 Å². The Morgan fingerprint density at radius 2 is 1.88 bits per heavy atom. The maximum Gasteiger partial charge on any atom is 0.407 e. The molecule has 0 radical (unpaired) electrons. The van der Waals surface area contributed by atoms with Gasteiger partial charge in [0.05, 0.1) is 0 Å². The van der Waals surface area contributed by atoms with Crippen molar-refractivity contribution < 1.29 is 14.3 Å². The summed E-state index contributed by atoms with van der Waals surface area (Å²) >= 11 is 0. The van der Waals surface area contributed by atoms with Crippen LogP contribution >= 0.6 is 0 Å². The monoisotopic (exact) mass is 364 g/mol. The van der Waals surface area contributed by atoms with Gasteiger partial charge in [-0.05, 0) is 58.6 Å². The molecule has 1 aromatic carbocycles. The van der Waals surface area contributed by atoms with Crippen molar-refractivity contribution in [2.75, 3.05) is 18.4 Å². The molecule has 146 valence electrons. The summed E-state index contributed by atoms with van der Waals surface area (Å²) < 4.78 is 5.22. The van der Waals surface area contributed by atoms with Crippen molar-refractivity contribution in [2.45, 2.75) is 58.6 Å². The van der Waals surface area contributed by atoms with Gasteiger partial charge in [-0.1, -0.05) is 18.2 Å². The molecular weight excluding hydrogens is 332 g/mol. The van der Waals surface area contributed by atoms with Crippen LogP contribution in [0.15, 0.2) is 24.3 Å². The molecule has 0 saturated carbocycles. The van der Waals surface area contributed by atoms with Gasteiger partial charge in [0.2, 0.25) is 0 Å². The van der Waals surface area contributed by atoms with E-state index in [-0.39, 0.29) is 12.1 Å². The molecule has 0 spiro atoms. The Labute approximate surface area is 156 Å². The molecule has 3 amide bonds. The molecule has 7 heteroatoms. The smallest absolute Gasteiger partial charge is 0.407 e. The molecule has 1 rings (SSSR count). The Hall–Kier alpha value is -2.28. The highest BCUT2D eigenvalue weighted by atomic mass is 16.6. The fraction of sp³-hybridized carbons (Fsp3) is 0.579. The van der Waals surface area contributed by atoms with E-state index in [1.165, 1.54) is 0 Å². The van der Waals surface area contributed by atoms with E-state index in [2.05, 4.69) is 16.0 Å². The second-order valence-electron chi connectivity index (χ2n) is 7.27. The number of urea groups is 1. The van der Waals surface area contributed by atoms with E-state index in [0.717, 1.165) is 30.5 Å². The van der Waals surface area contributed by atoms with Crippen molar-refractivity contribution in [1.82, 2.24) is 10.6 Å². The largest absolute Gasteiger partial charge is 0.444 e. The number of anilines is 1. The third-order valence-electron chi connectivity index (χ3n) is 3.66. The number of carbonyl (C=O) groups excluding carboxylic acids is 2. The summed E-state index contributed by atoms with van der Waals surface area (Å²) in [6.45, 7) is 8.30. The molecule has 0 aliphatic rings. The lowest BCUT2D eigenvalue weighted by Gasteiger charge is -2.23. The van der Waals surface area contributed by atoms with Gasteiger partial charge in [0.1, 0.15) is 5.60 Å². The fourth-order valence-corrected chi connectivity index (χ4v) is 2.32. The number of hydrogen-bond donors (Lipinski definition) is 4. The van der Waals surface area contributed by atoms with Crippen LogP contribution in [0.4, 0.5) is 15.3 Å². The minimum absolute atomic E-state index is 0.134. The third kappa shape index (κ3) is 9.27. The number of unbranched alkanes of at least 4 members (excludes halogenated alkanes) is 1. The minimum Gasteiger partial charge on any atom is -0.444 e. The van der Waals surface area contributed by atoms with Gasteiger partial charge in [-0.15, -0.1) is 0 Å². The molecule has 1 aromatic rings. The van der Waals surface area contributed by atoms with Gasteiger partial charge in [0.15, 0.2) is 0 Å². The van der Waals surface area contributed by atoms with Crippen LogP contribution in [0.3, 0.4) is 0 Å². The van der Waals surface area contributed by atoms with Crippen molar-refractivity contribution in [2.24, 2.45) is 5.73 Å². The Kier molecular flexibility index (Phi) is 8.92. The van der Waals surface area contributed by atoms with Crippen LogP contribution in [0.1, 0.15) is 45.6 Å². The fourth-order valence-electron chi connectivity index (χ4n) is 2.32. The number of amides is 3. The Morgan fingerprint density at radius 3 is 2.50 bits per heavy atom. The highest BCUT2D eigenvalue weighted by molar-refractivity contribution is 5.89. The summed E-state index contributed by atoms with van der Waals surface area (Å²) in [6, 6.07) is 7.26. The lowest BCUT2D eigenvalue weighted by atomic mass is 10.1. The normalized spacial score (nSPS) is 12.2. The lowest BCUT2D eigenvalue weighted by Crippen LogP contribution is -2.43. The van der Waals surface area contributed by atoms with E-state index < -0.39 is 11.7 Å². The molecule has 7 nitrogen and oxygen atoms in total. The zero-order valence-corrected chi connectivity index (χ0v) is 16.2. The quantitative estimate of drug-likeness (QED) is 0.532. The van der Waals surface area contributed by atoms with Crippen LogP contribution in [0.5, 0.6) is 0 Å². The van der Waals surface area contributed by atoms with Gasteiger partial charge in [-0.2, -0.15) is 0 Å². The van der Waals surface area contributed by atoms with Crippen molar-refractivity contribution in [3.63, 3.8) is 0 Å². The first-order valence-corrected chi connectivity index (χ1v) is 9.01. The number of nitrogens with one attached hydrogen (secondary N) is 3. The maximum atomic E-state index is 11.9. The minimum atomic E-state index is -0.530. The number of ether oxygens (including phenoxy) is 1. The highest BCUT2D eigenvalue weighted by Gasteiger charge is 2.18.